The molecule has 1 aromatic carbocycles. The van der Waals surface area contributed by atoms with E-state index in [1.54, 1.807) is 0 Å². The second-order valence-electron chi connectivity index (χ2n) is 8.56. The summed E-state index contributed by atoms with van der Waals surface area (Å²) in [5.41, 5.74) is 2.50. The van der Waals surface area contributed by atoms with Crippen LogP contribution in [0.4, 0.5) is 0 Å². The Morgan fingerprint density at radius 3 is 2.12 bits per heavy atom. The van der Waals surface area contributed by atoms with E-state index in [9.17, 15) is 4.79 Å². The molecule has 1 heterocycles. The van der Waals surface area contributed by atoms with Crippen LogP contribution in [0.1, 0.15) is 59.6 Å². The van der Waals surface area contributed by atoms with Crippen molar-refractivity contribution in [3.63, 3.8) is 0 Å². The predicted octanol–water partition coefficient (Wildman–Crippen LogP) is 4.04. The van der Waals surface area contributed by atoms with Gasteiger partial charge in [-0.1, -0.05) is 44.2 Å². The van der Waals surface area contributed by atoms with Gasteiger partial charge in [0.1, 0.15) is 0 Å². The van der Waals surface area contributed by atoms with Crippen molar-refractivity contribution >= 4 is 19.1 Å². The quantitative estimate of drug-likeness (QED) is 0.782. The summed E-state index contributed by atoms with van der Waals surface area (Å²) >= 11 is 0. The fourth-order valence-electron chi connectivity index (χ4n) is 2.86. The highest BCUT2D eigenvalue weighted by atomic mass is 16.7. The Labute approximate surface area is 158 Å². The molecule has 0 aliphatic carbocycles. The Hall–Kier alpha value is -1.59. The number of nitrogens with one attached hydrogen (secondary N) is 1. The third-order valence-corrected chi connectivity index (χ3v) is 5.07. The van der Waals surface area contributed by atoms with Gasteiger partial charge in [0.15, 0.2) is 0 Å². The third kappa shape index (κ3) is 5.21. The van der Waals surface area contributed by atoms with Crippen LogP contribution >= 0.6 is 0 Å². The lowest BCUT2D eigenvalue weighted by Gasteiger charge is -2.32. The highest BCUT2D eigenvalue weighted by Crippen LogP contribution is 2.38. The van der Waals surface area contributed by atoms with Crippen LogP contribution in [0.15, 0.2) is 29.7 Å². The molecule has 0 radical (unpaired) electrons. The topological polar surface area (TPSA) is 47.6 Å². The van der Waals surface area contributed by atoms with Gasteiger partial charge in [-0.3, -0.25) is 4.79 Å². The fraction of sp³-hybridized carbons (Fsp3) is 0.571. The van der Waals surface area contributed by atoms with Crippen molar-refractivity contribution in [2.24, 2.45) is 5.92 Å². The summed E-state index contributed by atoms with van der Waals surface area (Å²) in [6.07, 6.45) is 3.12. The monoisotopic (exact) mass is 357 g/mol. The van der Waals surface area contributed by atoms with Crippen molar-refractivity contribution in [1.82, 2.24) is 5.32 Å². The minimum atomic E-state index is -0.470. The van der Waals surface area contributed by atoms with Gasteiger partial charge in [0, 0.05) is 13.5 Å². The van der Waals surface area contributed by atoms with E-state index in [0.29, 0.717) is 12.5 Å². The molecule has 0 spiro atoms. The summed E-state index contributed by atoms with van der Waals surface area (Å²) in [7, 11) is -0.470. The number of amides is 1. The Bertz CT molecular complexity index is 646. The smallest absolute Gasteiger partial charge is 0.400 e. The minimum Gasteiger partial charge on any atom is -0.400 e. The molecule has 26 heavy (non-hydrogen) atoms. The summed E-state index contributed by atoms with van der Waals surface area (Å²) < 4.78 is 12.3. The third-order valence-electron chi connectivity index (χ3n) is 5.07. The zero-order valence-electron chi connectivity index (χ0n) is 17.2. The SMILES string of the molecule is CC(=O)NCC(=Cc1ccc(CC(C)C)cc1)B1OC(C)(C)C(C)(C)O1. The van der Waals surface area contributed by atoms with Crippen LogP contribution in [0, 0.1) is 5.92 Å². The van der Waals surface area contributed by atoms with Crippen LogP contribution in [-0.2, 0) is 20.5 Å². The molecule has 1 fully saturated rings. The number of benzene rings is 1. The largest absolute Gasteiger partial charge is 0.492 e. The van der Waals surface area contributed by atoms with E-state index >= 15 is 0 Å². The molecule has 1 aliphatic rings. The van der Waals surface area contributed by atoms with Gasteiger partial charge in [-0.15, -0.1) is 0 Å². The van der Waals surface area contributed by atoms with Crippen LogP contribution in [0.25, 0.3) is 6.08 Å². The van der Waals surface area contributed by atoms with Crippen molar-refractivity contribution in [1.29, 1.82) is 0 Å². The summed E-state index contributed by atoms with van der Waals surface area (Å²) in [5.74, 6) is 0.566. The summed E-state index contributed by atoms with van der Waals surface area (Å²) in [5, 5.41) is 2.87. The first-order valence-electron chi connectivity index (χ1n) is 9.39. The summed E-state index contributed by atoms with van der Waals surface area (Å²) in [6.45, 7) is 14.5. The van der Waals surface area contributed by atoms with E-state index in [2.05, 4.69) is 49.5 Å². The molecule has 4 nitrogen and oxygen atoms in total. The molecule has 1 aliphatic heterocycles. The van der Waals surface area contributed by atoms with E-state index in [1.807, 2.05) is 27.7 Å². The van der Waals surface area contributed by atoms with Crippen LogP contribution < -0.4 is 5.32 Å². The van der Waals surface area contributed by atoms with Crippen LogP contribution in [0.2, 0.25) is 0 Å². The normalized spacial score (nSPS) is 19.1. The molecule has 1 saturated heterocycles. The van der Waals surface area contributed by atoms with Crippen molar-refractivity contribution in [3.8, 4) is 0 Å². The van der Waals surface area contributed by atoms with E-state index in [1.165, 1.54) is 12.5 Å². The second-order valence-corrected chi connectivity index (χ2v) is 8.56. The van der Waals surface area contributed by atoms with Gasteiger partial charge in [-0.05, 0) is 56.6 Å². The van der Waals surface area contributed by atoms with Crippen molar-refractivity contribution in [2.45, 2.75) is 66.1 Å². The first-order valence-corrected chi connectivity index (χ1v) is 9.39. The molecule has 1 aromatic rings. The molecule has 2 rings (SSSR count). The maximum Gasteiger partial charge on any atom is 0.492 e. The van der Waals surface area contributed by atoms with Gasteiger partial charge in [0.05, 0.1) is 11.2 Å². The Morgan fingerprint density at radius 2 is 1.65 bits per heavy atom. The number of carbonyl (C=O) groups excluding carboxylic acids is 1. The van der Waals surface area contributed by atoms with Crippen molar-refractivity contribution in [3.05, 3.63) is 40.9 Å². The minimum absolute atomic E-state index is 0.0697. The highest BCUT2D eigenvalue weighted by molar-refractivity contribution is 6.56. The second kappa shape index (κ2) is 7.97. The maximum absolute atomic E-state index is 11.4. The average molecular weight is 357 g/mol. The molecule has 0 saturated carbocycles. The molecular weight excluding hydrogens is 325 g/mol. The zero-order chi connectivity index (χ0) is 19.5. The first-order chi connectivity index (χ1) is 12.0. The van der Waals surface area contributed by atoms with Crippen LogP contribution in [0.5, 0.6) is 0 Å². The molecule has 0 unspecified atom stereocenters. The predicted molar refractivity (Wildman–Crippen MR) is 108 cm³/mol. The Balaban J connectivity index is 2.24. The van der Waals surface area contributed by atoms with Gasteiger partial charge in [0.25, 0.3) is 0 Å². The summed E-state index contributed by atoms with van der Waals surface area (Å²) in [6, 6.07) is 8.53. The van der Waals surface area contributed by atoms with Gasteiger partial charge < -0.3 is 14.6 Å². The number of rotatable bonds is 6. The van der Waals surface area contributed by atoms with Crippen molar-refractivity contribution < 1.29 is 14.1 Å². The van der Waals surface area contributed by atoms with Gasteiger partial charge in [-0.25, -0.2) is 0 Å². The zero-order valence-corrected chi connectivity index (χ0v) is 17.2. The molecular formula is C21H32BNO3. The van der Waals surface area contributed by atoms with E-state index in [4.69, 9.17) is 9.31 Å². The highest BCUT2D eigenvalue weighted by Gasteiger charge is 2.52. The number of hydrogen-bond donors (Lipinski definition) is 1. The molecule has 142 valence electrons. The fourth-order valence-corrected chi connectivity index (χ4v) is 2.86. The van der Waals surface area contributed by atoms with Gasteiger partial charge in [-0.2, -0.15) is 0 Å². The summed E-state index contributed by atoms with van der Waals surface area (Å²) in [4.78, 5) is 11.4. The molecule has 0 aromatic heterocycles. The molecule has 5 heteroatoms. The first kappa shape index (κ1) is 20.7. The lowest BCUT2D eigenvalue weighted by molar-refractivity contribution is -0.118. The molecule has 0 bridgehead atoms. The van der Waals surface area contributed by atoms with Gasteiger partial charge >= 0.3 is 7.12 Å². The maximum atomic E-state index is 11.4. The van der Waals surface area contributed by atoms with Crippen molar-refractivity contribution in [2.75, 3.05) is 6.54 Å². The lowest BCUT2D eigenvalue weighted by atomic mass is 9.77. The Morgan fingerprint density at radius 1 is 1.12 bits per heavy atom. The van der Waals surface area contributed by atoms with E-state index < -0.39 is 18.3 Å². The van der Waals surface area contributed by atoms with Crippen LogP contribution in [0.3, 0.4) is 0 Å². The van der Waals surface area contributed by atoms with Crippen LogP contribution in [-0.4, -0.2) is 30.8 Å². The van der Waals surface area contributed by atoms with E-state index in [0.717, 1.165) is 17.5 Å². The standard InChI is InChI=1S/C21H32BNO3/c1-15(2)12-17-8-10-18(11-9-17)13-19(14-23-16(3)24)22-25-20(4,5)21(6,7)26-22/h8-11,13,15H,12,14H2,1-7H3,(H,23,24). The van der Waals surface area contributed by atoms with E-state index in [-0.39, 0.29) is 5.91 Å². The molecule has 1 N–H and O–H groups in total. The molecule has 1 amide bonds. The Kier molecular flexibility index (Phi) is 6.35. The average Bonchev–Trinajstić information content (AvgIpc) is 2.72. The molecule has 0 atom stereocenters. The lowest BCUT2D eigenvalue weighted by Crippen LogP contribution is -2.41. The number of carbonyl (C=O) groups is 1. The number of hydrogen-bond acceptors (Lipinski definition) is 3. The van der Waals surface area contributed by atoms with Gasteiger partial charge in [0.2, 0.25) is 5.91 Å².